The van der Waals surface area contributed by atoms with Crippen molar-refractivity contribution in [1.29, 1.82) is 0 Å². The molecule has 4 heterocycles. The normalized spacial score (nSPS) is 29.7. The van der Waals surface area contributed by atoms with E-state index in [0.29, 0.717) is 23.0 Å². The summed E-state index contributed by atoms with van der Waals surface area (Å²) in [7, 11) is 5.69. The number of hydrogen-bond donors (Lipinski definition) is 2. The Morgan fingerprint density at radius 1 is 0.639 bits per heavy atom. The predicted molar refractivity (Wildman–Crippen MR) is 141 cm³/mol. The molecule has 1 unspecified atom stereocenters. The Kier molecular flexibility index (Phi) is 8.64. The lowest BCUT2D eigenvalue weighted by Crippen LogP contribution is -2.66. The molecule has 4 aliphatic heterocycles. The highest BCUT2D eigenvalue weighted by Gasteiger charge is 2.67. The molecule has 1 atom stereocenters. The van der Waals surface area contributed by atoms with Crippen LogP contribution >= 0.6 is 71.3 Å². The summed E-state index contributed by atoms with van der Waals surface area (Å²) in [5.41, 5.74) is 5.58. The van der Waals surface area contributed by atoms with Gasteiger partial charge in [0.15, 0.2) is 4.20 Å². The molecule has 0 aromatic carbocycles. The SMILES string of the molecule is CN1SN(C)C(=O)OC2(CC3(NOC1=O)SCCS3)OC(=O)N(C)SN(C)C(=O)ONC21SCCS1. The number of nitrogens with one attached hydrogen (secondary N) is 2. The lowest BCUT2D eigenvalue weighted by molar-refractivity contribution is -0.200. The van der Waals surface area contributed by atoms with E-state index in [-0.39, 0.29) is 6.42 Å². The van der Waals surface area contributed by atoms with Gasteiger partial charge in [0, 0.05) is 51.2 Å². The Balaban J connectivity index is 1.85. The van der Waals surface area contributed by atoms with E-state index in [4.69, 9.17) is 19.1 Å². The molecule has 20 heteroatoms. The molecule has 0 radical (unpaired) electrons. The summed E-state index contributed by atoms with van der Waals surface area (Å²) in [5.74, 6) is 0.506. The largest absolute Gasteiger partial charge is 0.439 e. The number of hydroxylamine groups is 2. The van der Waals surface area contributed by atoms with Crippen molar-refractivity contribution < 1.29 is 38.3 Å². The van der Waals surface area contributed by atoms with Crippen molar-refractivity contribution in [3.63, 3.8) is 0 Å². The van der Waals surface area contributed by atoms with Crippen molar-refractivity contribution in [3.05, 3.63) is 0 Å². The highest BCUT2D eigenvalue weighted by atomic mass is 32.2. The minimum atomic E-state index is -2.03. The zero-order valence-corrected chi connectivity index (χ0v) is 24.4. The zero-order valence-electron chi connectivity index (χ0n) is 19.5. The lowest BCUT2D eigenvalue weighted by atomic mass is 10.1. The summed E-state index contributed by atoms with van der Waals surface area (Å²) >= 11 is 6.89. The fourth-order valence-corrected chi connectivity index (χ4v) is 10.5. The van der Waals surface area contributed by atoms with Crippen molar-refractivity contribution in [3.8, 4) is 0 Å². The second-order valence-electron chi connectivity index (χ2n) is 7.52. The third-order valence-electron chi connectivity index (χ3n) is 5.00. The molecule has 4 fully saturated rings. The number of fused-ring (bicyclic) bond motifs is 1. The number of carbonyl (C=O) groups is 4. The van der Waals surface area contributed by atoms with Crippen LogP contribution < -0.4 is 11.0 Å². The van der Waals surface area contributed by atoms with Gasteiger partial charge in [-0.05, 0) is 0 Å². The van der Waals surface area contributed by atoms with Gasteiger partial charge in [-0.25, -0.2) is 36.4 Å². The van der Waals surface area contributed by atoms with Crippen LogP contribution in [-0.2, 0) is 19.1 Å². The number of hydrogen-bond acceptors (Lipinski definition) is 16. The Morgan fingerprint density at radius 3 is 1.56 bits per heavy atom. The molecule has 0 saturated carbocycles. The molecule has 0 aliphatic carbocycles. The Bertz CT molecular complexity index is 908. The van der Waals surface area contributed by atoms with Crippen LogP contribution in [0.1, 0.15) is 6.42 Å². The molecule has 4 rings (SSSR count). The number of nitrogens with zero attached hydrogens (tertiary/aromatic N) is 4. The average molecular weight is 621 g/mol. The second-order valence-corrected chi connectivity index (χ2v) is 16.0. The standard InChI is InChI=1S/C16H24N6O8S6/c1-19-10(23)27-14(9-15(31-5-6-32-15)17-29-12(25)21(3)35-19)16(33-7-8-34-16)18-30-13(26)22(4)36-20(2)11(24)28-14/h17-18H,5-9H2,1-4H3. The minimum absolute atomic E-state index is 0.152. The number of rotatable bonds is 0. The van der Waals surface area contributed by atoms with E-state index < -0.39 is 38.6 Å². The van der Waals surface area contributed by atoms with Crippen LogP contribution in [0.4, 0.5) is 19.2 Å². The van der Waals surface area contributed by atoms with E-state index in [1.54, 1.807) is 0 Å². The van der Waals surface area contributed by atoms with E-state index >= 15 is 0 Å². The molecule has 36 heavy (non-hydrogen) atoms. The highest BCUT2D eigenvalue weighted by molar-refractivity contribution is 8.22. The van der Waals surface area contributed by atoms with E-state index in [2.05, 4.69) is 11.0 Å². The molecule has 14 nitrogen and oxygen atoms in total. The first-order valence-electron chi connectivity index (χ1n) is 10.3. The average Bonchev–Trinajstić information content (AvgIpc) is 3.50. The van der Waals surface area contributed by atoms with Crippen LogP contribution in [0, 0.1) is 0 Å². The van der Waals surface area contributed by atoms with E-state index in [1.165, 1.54) is 75.2 Å². The van der Waals surface area contributed by atoms with Crippen molar-refractivity contribution in [2.45, 2.75) is 20.6 Å². The van der Waals surface area contributed by atoms with Gasteiger partial charge in [-0.15, -0.1) is 58.0 Å². The maximum absolute atomic E-state index is 13.4. The second kappa shape index (κ2) is 11.1. The number of amides is 4. The molecule has 3 spiro atoms. The van der Waals surface area contributed by atoms with Gasteiger partial charge in [0.2, 0.25) is 4.20 Å². The lowest BCUT2D eigenvalue weighted by Gasteiger charge is -2.47. The summed E-state index contributed by atoms with van der Waals surface area (Å²) in [4.78, 5) is 62.6. The molecule has 2 N–H and O–H groups in total. The number of ether oxygens (including phenoxy) is 2. The summed E-state index contributed by atoms with van der Waals surface area (Å²) in [5, 5.41) is 0. The van der Waals surface area contributed by atoms with Crippen LogP contribution in [0.5, 0.6) is 0 Å². The topological polar surface area (TPSA) is 142 Å². The molecular formula is C16H24N6O8S6. The Morgan fingerprint density at radius 2 is 1.06 bits per heavy atom. The molecule has 0 aromatic heterocycles. The van der Waals surface area contributed by atoms with Gasteiger partial charge in [0.25, 0.3) is 0 Å². The number of carbonyl (C=O) groups excluding carboxylic acids is 4. The van der Waals surface area contributed by atoms with E-state index in [1.807, 2.05) is 0 Å². The molecule has 0 aromatic rings. The minimum Gasteiger partial charge on any atom is -0.401 e. The summed E-state index contributed by atoms with van der Waals surface area (Å²) in [6.07, 6.45) is -3.40. The first kappa shape index (κ1) is 28.1. The van der Waals surface area contributed by atoms with Gasteiger partial charge in [0.05, 0.1) is 30.7 Å². The van der Waals surface area contributed by atoms with Crippen LogP contribution in [0.3, 0.4) is 0 Å². The monoisotopic (exact) mass is 620 g/mol. The third-order valence-corrected chi connectivity index (χ3v) is 13.1. The molecule has 202 valence electrons. The molecule has 0 bridgehead atoms. The first-order valence-corrected chi connectivity index (χ1v) is 15.7. The fourth-order valence-electron chi connectivity index (χ4n) is 3.34. The molecule has 4 saturated heterocycles. The molecule has 4 aliphatic rings. The summed E-state index contributed by atoms with van der Waals surface area (Å²) in [6.45, 7) is 0. The fraction of sp³-hybridized carbons (Fsp3) is 0.750. The van der Waals surface area contributed by atoms with Crippen molar-refractivity contribution >= 4 is 95.7 Å². The van der Waals surface area contributed by atoms with Crippen LogP contribution in [0.25, 0.3) is 0 Å². The van der Waals surface area contributed by atoms with Crippen LogP contribution in [-0.4, -0.2) is 107 Å². The highest BCUT2D eigenvalue weighted by Crippen LogP contribution is 2.58. The van der Waals surface area contributed by atoms with Crippen LogP contribution in [0.15, 0.2) is 0 Å². The zero-order chi connectivity index (χ0) is 26.1. The van der Waals surface area contributed by atoms with Gasteiger partial charge in [-0.2, -0.15) is 0 Å². The Hall–Kier alpha value is -0.900. The van der Waals surface area contributed by atoms with Crippen molar-refractivity contribution in [2.75, 3.05) is 51.2 Å². The van der Waals surface area contributed by atoms with E-state index in [9.17, 15) is 19.2 Å². The third kappa shape index (κ3) is 5.59. The first-order chi connectivity index (χ1) is 17.0. The van der Waals surface area contributed by atoms with Crippen molar-refractivity contribution in [2.24, 2.45) is 0 Å². The maximum atomic E-state index is 13.4. The number of thioether (sulfide) groups is 4. The Labute approximate surface area is 233 Å². The van der Waals surface area contributed by atoms with Gasteiger partial charge >= 0.3 is 30.2 Å². The maximum Gasteiger partial charge on any atom is 0.439 e. The molecule has 4 amide bonds. The van der Waals surface area contributed by atoms with Gasteiger partial charge in [-0.1, -0.05) is 0 Å². The van der Waals surface area contributed by atoms with E-state index in [0.717, 1.165) is 41.5 Å². The predicted octanol–water partition coefficient (Wildman–Crippen LogP) is 2.78. The van der Waals surface area contributed by atoms with Gasteiger partial charge in [-0.3, -0.25) is 0 Å². The van der Waals surface area contributed by atoms with Crippen LogP contribution in [0.2, 0.25) is 0 Å². The smallest absolute Gasteiger partial charge is 0.401 e. The van der Waals surface area contributed by atoms with Gasteiger partial charge < -0.3 is 19.1 Å². The van der Waals surface area contributed by atoms with Gasteiger partial charge in [0.1, 0.15) is 0 Å². The summed E-state index contributed by atoms with van der Waals surface area (Å²) in [6, 6.07) is 0. The van der Waals surface area contributed by atoms with Crippen molar-refractivity contribution in [1.82, 2.24) is 28.2 Å². The summed E-state index contributed by atoms with van der Waals surface area (Å²) < 4.78 is 14.0. The molecular weight excluding hydrogens is 597 g/mol. The quantitative estimate of drug-likeness (QED) is 0.302.